The first kappa shape index (κ1) is 20.5. The summed E-state index contributed by atoms with van der Waals surface area (Å²) in [7, 11) is 6.24. The number of rotatable bonds is 6. The molecule has 4 rings (SSSR count). The van der Waals surface area contributed by atoms with Crippen LogP contribution in [0, 0.1) is 0 Å². The van der Waals surface area contributed by atoms with Crippen LogP contribution in [0.5, 0.6) is 23.0 Å². The molecule has 2 heterocycles. The number of carbonyl (C=O) groups is 1. The number of hydrogen-bond donors (Lipinski definition) is 2. The van der Waals surface area contributed by atoms with E-state index in [1.54, 1.807) is 52.7 Å². The van der Waals surface area contributed by atoms with Gasteiger partial charge >= 0.3 is 0 Å². The van der Waals surface area contributed by atoms with Crippen molar-refractivity contribution in [3.05, 3.63) is 41.3 Å². The summed E-state index contributed by atoms with van der Waals surface area (Å²) in [5, 5.41) is 4.39. The van der Waals surface area contributed by atoms with E-state index in [4.69, 9.17) is 24.7 Å². The lowest BCUT2D eigenvalue weighted by Crippen LogP contribution is -2.12. The number of benzene rings is 2. The molecule has 2 aromatic carbocycles. The van der Waals surface area contributed by atoms with Gasteiger partial charge in [-0.15, -0.1) is 11.3 Å². The predicted octanol–water partition coefficient (Wildman–Crippen LogP) is 4.32. The average molecular weight is 439 g/mol. The number of anilines is 2. The van der Waals surface area contributed by atoms with Crippen LogP contribution in [0.2, 0.25) is 0 Å². The van der Waals surface area contributed by atoms with Crippen molar-refractivity contribution in [2.24, 2.45) is 0 Å². The van der Waals surface area contributed by atoms with Crippen LogP contribution in [0.3, 0.4) is 0 Å². The van der Waals surface area contributed by atoms with E-state index in [9.17, 15) is 4.79 Å². The number of carbonyl (C=O) groups excluding carboxylic acids is 1. The van der Waals surface area contributed by atoms with E-state index in [0.29, 0.717) is 49.5 Å². The summed E-state index contributed by atoms with van der Waals surface area (Å²) in [6.07, 6.45) is 0. The molecule has 9 heteroatoms. The molecule has 0 fully saturated rings. The Bertz CT molecular complexity index is 1280. The second-order valence-corrected chi connectivity index (χ2v) is 7.64. The summed E-state index contributed by atoms with van der Waals surface area (Å²) in [5.74, 6) is 1.96. The fourth-order valence-electron chi connectivity index (χ4n) is 3.26. The number of nitrogen functional groups attached to an aromatic ring is 1. The Morgan fingerprint density at radius 2 is 1.55 bits per heavy atom. The third kappa shape index (κ3) is 3.75. The molecular formula is C22H21N3O5S. The van der Waals surface area contributed by atoms with Gasteiger partial charge in [0.25, 0.3) is 5.91 Å². The Labute approximate surface area is 182 Å². The summed E-state index contributed by atoms with van der Waals surface area (Å²) in [5.41, 5.74) is 7.95. The number of ether oxygens (including phenoxy) is 4. The minimum absolute atomic E-state index is 0.338. The van der Waals surface area contributed by atoms with Crippen molar-refractivity contribution in [3.63, 3.8) is 0 Å². The number of pyridine rings is 1. The van der Waals surface area contributed by atoms with Crippen LogP contribution < -0.4 is 30.0 Å². The van der Waals surface area contributed by atoms with Gasteiger partial charge in [-0.3, -0.25) is 4.79 Å². The monoisotopic (exact) mass is 439 g/mol. The van der Waals surface area contributed by atoms with Crippen molar-refractivity contribution in [2.75, 3.05) is 39.5 Å². The van der Waals surface area contributed by atoms with Crippen LogP contribution in [-0.4, -0.2) is 39.3 Å². The summed E-state index contributed by atoms with van der Waals surface area (Å²) >= 11 is 1.23. The van der Waals surface area contributed by atoms with Gasteiger partial charge in [0, 0.05) is 40.7 Å². The molecule has 2 aromatic heterocycles. The Morgan fingerprint density at radius 3 is 2.16 bits per heavy atom. The van der Waals surface area contributed by atoms with Crippen LogP contribution in [0.1, 0.15) is 9.67 Å². The zero-order valence-electron chi connectivity index (χ0n) is 17.4. The molecule has 160 valence electrons. The molecule has 3 N–H and O–H groups in total. The zero-order valence-corrected chi connectivity index (χ0v) is 18.3. The normalized spacial score (nSPS) is 10.8. The molecule has 0 spiro atoms. The van der Waals surface area contributed by atoms with Crippen molar-refractivity contribution < 1.29 is 23.7 Å². The molecule has 0 saturated heterocycles. The van der Waals surface area contributed by atoms with Gasteiger partial charge in [-0.2, -0.15) is 0 Å². The lowest BCUT2D eigenvalue weighted by Gasteiger charge is -2.09. The fourth-order valence-corrected chi connectivity index (χ4v) is 4.24. The molecule has 0 aliphatic carbocycles. The molecule has 8 nitrogen and oxygen atoms in total. The second kappa shape index (κ2) is 8.19. The van der Waals surface area contributed by atoms with Crippen LogP contribution in [0.15, 0.2) is 36.4 Å². The first-order valence-electron chi connectivity index (χ1n) is 9.26. The highest BCUT2D eigenvalue weighted by atomic mass is 32.1. The third-order valence-electron chi connectivity index (χ3n) is 4.83. The molecule has 0 radical (unpaired) electrons. The lowest BCUT2D eigenvalue weighted by molar-refractivity contribution is 0.103. The first-order chi connectivity index (χ1) is 15.0. The Hall–Kier alpha value is -3.72. The maximum atomic E-state index is 13.0. The van der Waals surface area contributed by atoms with Crippen LogP contribution in [-0.2, 0) is 0 Å². The van der Waals surface area contributed by atoms with Crippen molar-refractivity contribution in [2.45, 2.75) is 0 Å². The average Bonchev–Trinajstić information content (AvgIpc) is 3.11. The number of nitrogens with one attached hydrogen (secondary N) is 1. The van der Waals surface area contributed by atoms with E-state index in [1.807, 2.05) is 12.1 Å². The van der Waals surface area contributed by atoms with Crippen molar-refractivity contribution in [1.29, 1.82) is 0 Å². The minimum atomic E-state index is -0.338. The van der Waals surface area contributed by atoms with Crippen LogP contribution >= 0.6 is 11.3 Å². The number of thiophene rings is 1. The number of methoxy groups -OCH3 is 4. The summed E-state index contributed by atoms with van der Waals surface area (Å²) in [6, 6.07) is 10.7. The molecule has 0 unspecified atom stereocenters. The second-order valence-electron chi connectivity index (χ2n) is 6.64. The van der Waals surface area contributed by atoms with Gasteiger partial charge in [0.2, 0.25) is 0 Å². The SMILES string of the molecule is COc1cc(NC(=O)c2sc3nc4cc(OC)c(OC)cc4cc3c2N)cc(OC)c1. The fraction of sp³-hybridized carbons (Fsp3) is 0.182. The highest BCUT2D eigenvalue weighted by Gasteiger charge is 2.19. The Kier molecular flexibility index (Phi) is 5.43. The van der Waals surface area contributed by atoms with E-state index in [2.05, 4.69) is 10.3 Å². The molecule has 0 bridgehead atoms. The zero-order chi connectivity index (χ0) is 22.1. The number of nitrogens with zero attached hydrogens (tertiary/aromatic N) is 1. The standard InChI is InChI=1S/C22H21N3O5S/c1-27-13-7-12(8-14(9-13)28-2)24-21(26)20-19(23)15-5-11-6-17(29-3)18(30-4)10-16(11)25-22(15)31-20/h5-10H,23H2,1-4H3,(H,24,26). The van der Waals surface area contributed by atoms with Crippen molar-refractivity contribution in [1.82, 2.24) is 4.98 Å². The van der Waals surface area contributed by atoms with Gasteiger partial charge in [0.05, 0.1) is 39.6 Å². The molecule has 0 saturated carbocycles. The van der Waals surface area contributed by atoms with Crippen LogP contribution in [0.25, 0.3) is 21.1 Å². The van der Waals surface area contributed by atoms with E-state index in [-0.39, 0.29) is 5.91 Å². The topological polar surface area (TPSA) is 105 Å². The Morgan fingerprint density at radius 1 is 0.903 bits per heavy atom. The molecular weight excluding hydrogens is 418 g/mol. The smallest absolute Gasteiger partial charge is 0.267 e. The predicted molar refractivity (Wildman–Crippen MR) is 122 cm³/mol. The number of aromatic nitrogens is 1. The van der Waals surface area contributed by atoms with E-state index in [0.717, 1.165) is 10.9 Å². The number of nitrogens with two attached hydrogens (primary N) is 1. The minimum Gasteiger partial charge on any atom is -0.497 e. The van der Waals surface area contributed by atoms with E-state index in [1.165, 1.54) is 11.3 Å². The highest BCUT2D eigenvalue weighted by molar-refractivity contribution is 7.21. The van der Waals surface area contributed by atoms with Crippen molar-refractivity contribution >= 4 is 49.7 Å². The molecule has 31 heavy (non-hydrogen) atoms. The molecule has 0 atom stereocenters. The molecule has 1 amide bonds. The van der Waals surface area contributed by atoms with Gasteiger partial charge in [-0.25, -0.2) is 4.98 Å². The molecule has 4 aromatic rings. The number of hydrogen-bond acceptors (Lipinski definition) is 8. The van der Waals surface area contributed by atoms with Gasteiger partial charge in [0.1, 0.15) is 21.2 Å². The van der Waals surface area contributed by atoms with Gasteiger partial charge in [-0.1, -0.05) is 0 Å². The summed E-state index contributed by atoms with van der Waals surface area (Å²) in [6.45, 7) is 0. The summed E-state index contributed by atoms with van der Waals surface area (Å²) in [4.78, 5) is 18.7. The van der Waals surface area contributed by atoms with Crippen molar-refractivity contribution in [3.8, 4) is 23.0 Å². The maximum Gasteiger partial charge on any atom is 0.267 e. The Balaban J connectivity index is 1.75. The molecule has 0 aliphatic rings. The molecule has 0 aliphatic heterocycles. The van der Waals surface area contributed by atoms with E-state index >= 15 is 0 Å². The van der Waals surface area contributed by atoms with Gasteiger partial charge in [0.15, 0.2) is 11.5 Å². The van der Waals surface area contributed by atoms with Gasteiger partial charge < -0.3 is 30.0 Å². The third-order valence-corrected chi connectivity index (χ3v) is 5.95. The van der Waals surface area contributed by atoms with E-state index < -0.39 is 0 Å². The lowest BCUT2D eigenvalue weighted by atomic mass is 10.1. The van der Waals surface area contributed by atoms with Crippen LogP contribution in [0.4, 0.5) is 11.4 Å². The largest absolute Gasteiger partial charge is 0.497 e. The number of amides is 1. The quantitative estimate of drug-likeness (QED) is 0.461. The first-order valence-corrected chi connectivity index (χ1v) is 10.1. The number of fused-ring (bicyclic) bond motifs is 2. The maximum absolute atomic E-state index is 13.0. The summed E-state index contributed by atoms with van der Waals surface area (Å²) < 4.78 is 21.2. The van der Waals surface area contributed by atoms with Gasteiger partial charge in [-0.05, 0) is 12.1 Å². The highest BCUT2D eigenvalue weighted by Crippen LogP contribution is 2.38.